The summed E-state index contributed by atoms with van der Waals surface area (Å²) in [5, 5.41) is 11.1. The monoisotopic (exact) mass is 455 g/mol. The normalized spacial score (nSPS) is 15.7. The smallest absolute Gasteiger partial charge is 0.310 e. The maximum absolute atomic E-state index is 12.9. The number of benzene rings is 1. The molecule has 6 nitrogen and oxygen atoms in total. The van der Waals surface area contributed by atoms with Gasteiger partial charge in [-0.05, 0) is 12.1 Å². The number of nitrogens with two attached hydrogens (primary N) is 1. The first-order chi connectivity index (χ1) is 11.5. The molecule has 3 N–H and O–H groups in total. The summed E-state index contributed by atoms with van der Waals surface area (Å²) in [6.07, 6.45) is 1.22. The van der Waals surface area contributed by atoms with Crippen LogP contribution < -0.4 is 10.5 Å². The van der Waals surface area contributed by atoms with Gasteiger partial charge in [-0.25, -0.2) is 8.89 Å². The van der Waals surface area contributed by atoms with Gasteiger partial charge in [-0.1, -0.05) is 42.6 Å². The maximum atomic E-state index is 12.9. The van der Waals surface area contributed by atoms with Crippen LogP contribution in [0.1, 0.15) is 5.69 Å². The van der Waals surface area contributed by atoms with Crippen molar-refractivity contribution in [3.63, 3.8) is 0 Å². The second-order valence-electron chi connectivity index (χ2n) is 4.89. The van der Waals surface area contributed by atoms with Crippen LogP contribution >= 0.6 is 33.4 Å². The highest BCUT2D eigenvalue weighted by Crippen LogP contribution is 3.02. The fraction of sp³-hybridized carbons (Fsp3) is 0.0909. The molecule has 0 fully saturated rings. The van der Waals surface area contributed by atoms with Gasteiger partial charge in [0, 0.05) is 6.26 Å². The Hall–Kier alpha value is -1.75. The first-order valence-corrected chi connectivity index (χ1v) is 10.4. The highest BCUT2D eigenvalue weighted by Gasteiger charge is 2.65. The second kappa shape index (κ2) is 5.62. The van der Waals surface area contributed by atoms with Crippen LogP contribution in [0.15, 0.2) is 17.0 Å². The van der Waals surface area contributed by atoms with E-state index in [9.17, 15) is 23.6 Å². The highest BCUT2D eigenvalue weighted by atomic mass is 35.5. The Kier molecular flexibility index (Phi) is 4.45. The molecular weight excluding hydrogens is 448 g/mol. The molecule has 1 aromatic heterocycles. The van der Waals surface area contributed by atoms with E-state index in [2.05, 4.69) is 9.82 Å². The van der Waals surface area contributed by atoms with E-state index >= 15 is 0 Å². The maximum Gasteiger partial charge on any atom is 0.310 e. The number of nitrogens with zero attached hydrogens (tertiary/aromatic N) is 3. The Labute approximate surface area is 156 Å². The zero-order valence-corrected chi connectivity index (χ0v) is 15.6. The summed E-state index contributed by atoms with van der Waals surface area (Å²) in [6, 6.07) is 1.61. The minimum Gasteiger partial charge on any atom is -0.382 e. The van der Waals surface area contributed by atoms with E-state index in [1.807, 2.05) is 0 Å². The van der Waals surface area contributed by atoms with Crippen LogP contribution in [0.3, 0.4) is 0 Å². The lowest BCUT2D eigenvalue weighted by atomic mass is 10.3. The molecule has 2 aromatic rings. The van der Waals surface area contributed by atoms with Crippen LogP contribution in [0.25, 0.3) is 5.69 Å². The first kappa shape index (κ1) is 20.6. The lowest BCUT2D eigenvalue weighted by molar-refractivity contribution is 0.364. The van der Waals surface area contributed by atoms with Crippen LogP contribution in [-0.4, -0.2) is 20.2 Å². The van der Waals surface area contributed by atoms with Gasteiger partial charge in [-0.15, -0.1) is 0 Å². The zero-order valence-electron chi connectivity index (χ0n) is 12.4. The number of hydrogen-bond donors (Lipinski definition) is 2. The van der Waals surface area contributed by atoms with Crippen LogP contribution in [0.4, 0.5) is 30.9 Å². The largest absolute Gasteiger partial charge is 0.382 e. The van der Waals surface area contributed by atoms with Crippen molar-refractivity contribution in [3.8, 4) is 11.8 Å². The van der Waals surface area contributed by atoms with Crippen molar-refractivity contribution in [3.05, 3.63) is 27.9 Å². The fourth-order valence-corrected chi connectivity index (χ4v) is 3.84. The molecule has 1 unspecified atom stereocenters. The van der Waals surface area contributed by atoms with Crippen LogP contribution in [0.2, 0.25) is 10.0 Å². The topological polar surface area (TPSA) is 96.7 Å². The zero-order chi connectivity index (χ0) is 20.1. The van der Waals surface area contributed by atoms with E-state index < -0.39 is 41.8 Å². The standard InChI is InChI=1S/C11H8Cl2F5N5OS2/c1-25(24)22-9-8(4-19)21-23(11(9)20)10-6(12)2-5(3-7(10)13)26(14,15,16,17)18/h2-3,22H,20H2,1H3. The van der Waals surface area contributed by atoms with Crippen molar-refractivity contribution in [1.82, 2.24) is 9.78 Å². The summed E-state index contributed by atoms with van der Waals surface area (Å²) < 4.78 is 79.0. The lowest BCUT2D eigenvalue weighted by Gasteiger charge is -2.40. The van der Waals surface area contributed by atoms with E-state index in [0.717, 1.165) is 0 Å². The number of aromatic nitrogens is 2. The Balaban J connectivity index is 2.75. The van der Waals surface area contributed by atoms with Crippen molar-refractivity contribution < 1.29 is 23.6 Å². The van der Waals surface area contributed by atoms with Crippen molar-refractivity contribution >= 4 is 55.9 Å². The Morgan fingerprint density at radius 1 is 1.27 bits per heavy atom. The summed E-state index contributed by atoms with van der Waals surface area (Å²) >= 11 is 11.4. The Morgan fingerprint density at radius 2 is 1.77 bits per heavy atom. The third-order valence-corrected chi connectivity index (χ3v) is 5.11. The first-order valence-electron chi connectivity index (χ1n) is 6.17. The average Bonchev–Trinajstić information content (AvgIpc) is 2.72. The number of halogens is 7. The van der Waals surface area contributed by atoms with Crippen LogP contribution in [-0.2, 0) is 11.0 Å². The molecule has 26 heavy (non-hydrogen) atoms. The minimum atomic E-state index is -10.0. The third-order valence-electron chi connectivity index (χ3n) is 2.92. The molecule has 0 radical (unpaired) electrons. The van der Waals surface area contributed by atoms with Gasteiger partial charge in [0.25, 0.3) is 0 Å². The number of rotatable bonds is 4. The van der Waals surface area contributed by atoms with E-state index in [-0.39, 0.29) is 29.3 Å². The summed E-state index contributed by atoms with van der Waals surface area (Å²) in [4.78, 5) is -2.29. The number of hydrogen-bond acceptors (Lipinski definition) is 4. The number of nitriles is 1. The molecule has 1 atom stereocenters. The second-order valence-corrected chi connectivity index (χ2v) is 9.23. The lowest BCUT2D eigenvalue weighted by Crippen LogP contribution is -2.09. The summed E-state index contributed by atoms with van der Waals surface area (Å²) in [5.74, 6) is -0.361. The van der Waals surface area contributed by atoms with Gasteiger partial charge in [-0.2, -0.15) is 10.4 Å². The molecule has 2 rings (SSSR count). The molecule has 1 heterocycles. The number of nitrogen functional groups attached to an aromatic ring is 1. The minimum absolute atomic E-state index is 0.0113. The van der Waals surface area contributed by atoms with Gasteiger partial charge < -0.3 is 5.73 Å². The third kappa shape index (κ3) is 3.98. The molecule has 15 heteroatoms. The summed E-state index contributed by atoms with van der Waals surface area (Å²) in [7, 11) is -11.7. The Morgan fingerprint density at radius 3 is 2.15 bits per heavy atom. The summed E-state index contributed by atoms with van der Waals surface area (Å²) in [6.45, 7) is 0. The molecule has 0 bridgehead atoms. The Bertz CT molecular complexity index is 963. The SMILES string of the molecule is CS(=O)Nc1c(C#N)nn(-c2c(Cl)cc(S(F)(F)(F)(F)F)cc2Cl)c1N. The van der Waals surface area contributed by atoms with E-state index in [4.69, 9.17) is 34.2 Å². The van der Waals surface area contributed by atoms with Crippen LogP contribution in [0, 0.1) is 11.3 Å². The van der Waals surface area contributed by atoms with Gasteiger partial charge in [0.15, 0.2) is 11.5 Å². The molecule has 0 aliphatic heterocycles. The molecule has 0 saturated heterocycles. The van der Waals surface area contributed by atoms with Crippen molar-refractivity contribution in [1.29, 1.82) is 5.26 Å². The van der Waals surface area contributed by atoms with Crippen LogP contribution in [0.5, 0.6) is 0 Å². The van der Waals surface area contributed by atoms with Gasteiger partial charge in [0.05, 0.1) is 10.0 Å². The molecular formula is C11H8Cl2F5N5OS2. The van der Waals surface area contributed by atoms with Gasteiger partial charge >= 0.3 is 10.2 Å². The van der Waals surface area contributed by atoms with E-state index in [0.29, 0.717) is 4.68 Å². The molecule has 144 valence electrons. The van der Waals surface area contributed by atoms with Crippen molar-refractivity contribution in [2.24, 2.45) is 0 Å². The quantitative estimate of drug-likeness (QED) is 0.634. The fourth-order valence-electron chi connectivity index (χ4n) is 1.89. The molecule has 0 saturated carbocycles. The van der Waals surface area contributed by atoms with Crippen molar-refractivity contribution in [2.75, 3.05) is 16.7 Å². The number of nitrogens with one attached hydrogen (secondary N) is 1. The van der Waals surface area contributed by atoms with Crippen molar-refractivity contribution in [2.45, 2.75) is 4.90 Å². The molecule has 1 aromatic carbocycles. The number of anilines is 2. The summed E-state index contributed by atoms with van der Waals surface area (Å²) in [5.41, 5.74) is 4.75. The predicted octanol–water partition coefficient (Wildman–Crippen LogP) is 5.00. The van der Waals surface area contributed by atoms with Gasteiger partial charge in [0.2, 0.25) is 0 Å². The van der Waals surface area contributed by atoms with Gasteiger partial charge in [-0.3, -0.25) is 4.72 Å². The molecule has 0 spiro atoms. The molecule has 0 amide bonds. The van der Waals surface area contributed by atoms with Gasteiger partial charge in [0.1, 0.15) is 33.3 Å². The van der Waals surface area contributed by atoms with E-state index in [1.165, 1.54) is 6.26 Å². The molecule has 0 aliphatic rings. The average molecular weight is 456 g/mol. The highest BCUT2D eigenvalue weighted by molar-refractivity contribution is 8.45. The molecule has 0 aliphatic carbocycles. The predicted molar refractivity (Wildman–Crippen MR) is 91.8 cm³/mol. The van der Waals surface area contributed by atoms with E-state index in [1.54, 1.807) is 6.07 Å².